The zero-order chi connectivity index (χ0) is 18.9. The topological polar surface area (TPSA) is 64.8 Å². The maximum atomic E-state index is 5.92. The largest absolute Gasteiger partial charge is 0.471 e. The van der Waals surface area contributed by atoms with E-state index in [1.165, 1.54) is 0 Å². The highest BCUT2D eigenvalue weighted by atomic mass is 79.9. The SMILES string of the molecule is Brc1c(COc2ccc3ccccc3n2)nc2c(N3CCOCC3)ccnn12. The van der Waals surface area contributed by atoms with E-state index >= 15 is 0 Å². The number of nitrogens with zero attached hydrogens (tertiary/aromatic N) is 5. The van der Waals surface area contributed by atoms with Crippen LogP contribution in [0.2, 0.25) is 0 Å². The molecule has 28 heavy (non-hydrogen) atoms. The number of benzene rings is 1. The van der Waals surface area contributed by atoms with Crippen LogP contribution < -0.4 is 9.64 Å². The van der Waals surface area contributed by atoms with E-state index < -0.39 is 0 Å². The van der Waals surface area contributed by atoms with E-state index in [1.54, 1.807) is 10.7 Å². The molecule has 0 radical (unpaired) electrons. The standard InChI is InChI=1S/C20H18BrN5O2/c21-19-16(13-28-18-6-5-14-3-1-2-4-15(14)23-18)24-20-17(7-8-22-26(19)20)25-9-11-27-12-10-25/h1-8H,9-13H2. The highest BCUT2D eigenvalue weighted by Crippen LogP contribution is 2.27. The Kier molecular flexibility index (Phi) is 4.58. The number of ether oxygens (including phenoxy) is 2. The molecule has 4 heterocycles. The minimum Gasteiger partial charge on any atom is -0.471 e. The lowest BCUT2D eigenvalue weighted by Gasteiger charge is -2.28. The molecule has 1 aromatic carbocycles. The van der Waals surface area contributed by atoms with Crippen molar-refractivity contribution in [2.24, 2.45) is 0 Å². The summed E-state index contributed by atoms with van der Waals surface area (Å²) >= 11 is 3.62. The summed E-state index contributed by atoms with van der Waals surface area (Å²) in [5.74, 6) is 0.573. The number of imidazole rings is 1. The first-order chi connectivity index (χ1) is 13.8. The van der Waals surface area contributed by atoms with Crippen molar-refractivity contribution in [1.82, 2.24) is 19.6 Å². The summed E-state index contributed by atoms with van der Waals surface area (Å²) in [6, 6.07) is 13.9. The zero-order valence-electron chi connectivity index (χ0n) is 15.1. The second-order valence-electron chi connectivity index (χ2n) is 6.53. The van der Waals surface area contributed by atoms with Crippen LogP contribution in [0.3, 0.4) is 0 Å². The molecule has 1 fully saturated rings. The number of hydrogen-bond donors (Lipinski definition) is 0. The Morgan fingerprint density at radius 2 is 1.89 bits per heavy atom. The number of halogens is 1. The van der Waals surface area contributed by atoms with Crippen LogP contribution in [0.1, 0.15) is 5.69 Å². The predicted octanol–water partition coefficient (Wildman–Crippen LogP) is 3.46. The van der Waals surface area contributed by atoms with Gasteiger partial charge in [0.05, 0.1) is 30.6 Å². The molecule has 0 atom stereocenters. The Morgan fingerprint density at radius 1 is 1.04 bits per heavy atom. The van der Waals surface area contributed by atoms with Crippen molar-refractivity contribution < 1.29 is 9.47 Å². The molecule has 0 bridgehead atoms. The number of rotatable bonds is 4. The number of aromatic nitrogens is 4. The van der Waals surface area contributed by atoms with Gasteiger partial charge >= 0.3 is 0 Å². The fraction of sp³-hybridized carbons (Fsp3) is 0.250. The first kappa shape index (κ1) is 17.4. The van der Waals surface area contributed by atoms with Gasteiger partial charge in [-0.2, -0.15) is 5.10 Å². The molecule has 0 amide bonds. The summed E-state index contributed by atoms with van der Waals surface area (Å²) in [6.07, 6.45) is 1.79. The Morgan fingerprint density at radius 3 is 2.79 bits per heavy atom. The number of pyridine rings is 1. The minimum absolute atomic E-state index is 0.303. The van der Waals surface area contributed by atoms with Crippen molar-refractivity contribution in [3.05, 3.63) is 59.0 Å². The molecule has 1 aliphatic heterocycles. The second-order valence-corrected chi connectivity index (χ2v) is 7.28. The van der Waals surface area contributed by atoms with E-state index in [2.05, 4.69) is 30.9 Å². The summed E-state index contributed by atoms with van der Waals surface area (Å²) in [5, 5.41) is 5.52. The van der Waals surface area contributed by atoms with E-state index in [4.69, 9.17) is 14.5 Å². The van der Waals surface area contributed by atoms with E-state index in [0.29, 0.717) is 12.5 Å². The Bertz CT molecular complexity index is 1140. The molecule has 3 aromatic heterocycles. The smallest absolute Gasteiger partial charge is 0.214 e. The average Bonchev–Trinajstić information content (AvgIpc) is 3.08. The summed E-state index contributed by atoms with van der Waals surface area (Å²) in [7, 11) is 0. The maximum Gasteiger partial charge on any atom is 0.214 e. The van der Waals surface area contributed by atoms with Crippen LogP contribution >= 0.6 is 15.9 Å². The van der Waals surface area contributed by atoms with Crippen LogP contribution in [0, 0.1) is 0 Å². The third-order valence-electron chi connectivity index (χ3n) is 4.79. The van der Waals surface area contributed by atoms with Gasteiger partial charge in [0.15, 0.2) is 5.65 Å². The highest BCUT2D eigenvalue weighted by molar-refractivity contribution is 9.10. The van der Waals surface area contributed by atoms with Crippen molar-refractivity contribution in [1.29, 1.82) is 0 Å². The Labute approximate surface area is 170 Å². The second kappa shape index (κ2) is 7.37. The first-order valence-electron chi connectivity index (χ1n) is 9.13. The van der Waals surface area contributed by atoms with Crippen LogP contribution in [0.15, 0.2) is 53.3 Å². The number of anilines is 1. The van der Waals surface area contributed by atoms with Gasteiger partial charge in [0.2, 0.25) is 5.88 Å². The summed E-state index contributed by atoms with van der Waals surface area (Å²) in [4.78, 5) is 11.6. The van der Waals surface area contributed by atoms with Crippen molar-refractivity contribution in [3.8, 4) is 5.88 Å². The quantitative estimate of drug-likeness (QED) is 0.485. The fourth-order valence-electron chi connectivity index (χ4n) is 3.37. The number of hydrogen-bond acceptors (Lipinski definition) is 6. The van der Waals surface area contributed by atoms with E-state index in [9.17, 15) is 0 Å². The van der Waals surface area contributed by atoms with Crippen molar-refractivity contribution in [2.75, 3.05) is 31.2 Å². The van der Waals surface area contributed by atoms with Gasteiger partial charge in [0.25, 0.3) is 0 Å². The third kappa shape index (κ3) is 3.18. The number of morpholine rings is 1. The van der Waals surface area contributed by atoms with Gasteiger partial charge in [-0.1, -0.05) is 18.2 Å². The molecule has 4 aromatic rings. The molecular weight excluding hydrogens is 422 g/mol. The van der Waals surface area contributed by atoms with Crippen LogP contribution in [-0.4, -0.2) is 45.9 Å². The molecule has 1 saturated heterocycles. The number of para-hydroxylation sites is 1. The molecule has 5 rings (SSSR count). The molecule has 0 unspecified atom stereocenters. The number of fused-ring (bicyclic) bond motifs is 2. The molecule has 8 heteroatoms. The summed E-state index contributed by atoms with van der Waals surface area (Å²) < 4.78 is 14.0. The Hall–Kier alpha value is -2.71. The monoisotopic (exact) mass is 439 g/mol. The predicted molar refractivity (Wildman–Crippen MR) is 110 cm³/mol. The third-order valence-corrected chi connectivity index (χ3v) is 5.58. The lowest BCUT2D eigenvalue weighted by Crippen LogP contribution is -2.36. The van der Waals surface area contributed by atoms with Gasteiger partial charge in [-0.25, -0.2) is 14.5 Å². The van der Waals surface area contributed by atoms with E-state index in [0.717, 1.165) is 58.8 Å². The lowest BCUT2D eigenvalue weighted by atomic mass is 10.2. The van der Waals surface area contributed by atoms with Crippen LogP contribution in [-0.2, 0) is 11.3 Å². The van der Waals surface area contributed by atoms with Crippen molar-refractivity contribution in [2.45, 2.75) is 6.61 Å². The lowest BCUT2D eigenvalue weighted by molar-refractivity contribution is 0.123. The highest BCUT2D eigenvalue weighted by Gasteiger charge is 2.19. The first-order valence-corrected chi connectivity index (χ1v) is 9.92. The maximum absolute atomic E-state index is 5.92. The average molecular weight is 440 g/mol. The van der Waals surface area contributed by atoms with Gasteiger partial charge in [-0.05, 0) is 34.1 Å². The molecular formula is C20H18BrN5O2. The zero-order valence-corrected chi connectivity index (χ0v) is 16.7. The van der Waals surface area contributed by atoms with Crippen LogP contribution in [0.5, 0.6) is 5.88 Å². The van der Waals surface area contributed by atoms with E-state index in [1.807, 2.05) is 42.5 Å². The van der Waals surface area contributed by atoms with Crippen LogP contribution in [0.25, 0.3) is 16.6 Å². The van der Waals surface area contributed by atoms with Gasteiger partial charge in [-0.15, -0.1) is 0 Å². The minimum atomic E-state index is 0.303. The van der Waals surface area contributed by atoms with Gasteiger partial charge in [0, 0.05) is 24.5 Å². The van der Waals surface area contributed by atoms with Gasteiger partial charge < -0.3 is 14.4 Å². The van der Waals surface area contributed by atoms with E-state index in [-0.39, 0.29) is 0 Å². The summed E-state index contributed by atoms with van der Waals surface area (Å²) in [5.41, 5.74) is 3.55. The van der Waals surface area contributed by atoms with Crippen molar-refractivity contribution >= 4 is 38.2 Å². The van der Waals surface area contributed by atoms with Crippen LogP contribution in [0.4, 0.5) is 5.69 Å². The molecule has 1 aliphatic rings. The van der Waals surface area contributed by atoms with Gasteiger partial charge in [0.1, 0.15) is 16.9 Å². The van der Waals surface area contributed by atoms with Crippen molar-refractivity contribution in [3.63, 3.8) is 0 Å². The van der Waals surface area contributed by atoms with Gasteiger partial charge in [-0.3, -0.25) is 0 Å². The molecule has 0 aliphatic carbocycles. The Balaban J connectivity index is 1.43. The molecule has 0 spiro atoms. The normalized spacial score (nSPS) is 14.7. The molecule has 142 valence electrons. The summed E-state index contributed by atoms with van der Waals surface area (Å²) in [6.45, 7) is 3.44. The fourth-order valence-corrected chi connectivity index (χ4v) is 3.83. The molecule has 7 nitrogen and oxygen atoms in total. The molecule has 0 saturated carbocycles. The molecule has 0 N–H and O–H groups in total.